The van der Waals surface area contributed by atoms with Crippen molar-refractivity contribution in [3.63, 3.8) is 0 Å². The van der Waals surface area contributed by atoms with Crippen molar-refractivity contribution >= 4 is 21.9 Å². The van der Waals surface area contributed by atoms with Crippen molar-refractivity contribution < 1.29 is 28.6 Å². The van der Waals surface area contributed by atoms with Gasteiger partial charge in [-0.15, -0.1) is 54.1 Å². The molecule has 5 aromatic carbocycles. The average molecular weight is 785 g/mol. The van der Waals surface area contributed by atoms with Crippen molar-refractivity contribution in [1.82, 2.24) is 9.97 Å². The summed E-state index contributed by atoms with van der Waals surface area (Å²) in [6.07, 6.45) is 3.18. The van der Waals surface area contributed by atoms with Crippen LogP contribution in [0.5, 0.6) is 0 Å². The molecule has 0 aliphatic heterocycles. The van der Waals surface area contributed by atoms with Gasteiger partial charge in [0.2, 0.25) is 0 Å². The molecule has 0 aliphatic rings. The smallest absolute Gasteiger partial charge is 0.128 e. The number of pyridine rings is 2. The van der Waals surface area contributed by atoms with Crippen LogP contribution < -0.4 is 0 Å². The quantitative estimate of drug-likeness (QED) is 0.167. The van der Waals surface area contributed by atoms with Crippen LogP contribution in [0.4, 0.5) is 0 Å². The minimum absolute atomic E-state index is 0. The monoisotopic (exact) mass is 785 g/mol. The summed E-state index contributed by atoms with van der Waals surface area (Å²) in [4.78, 5) is 8.61. The van der Waals surface area contributed by atoms with Crippen LogP contribution in [0.1, 0.15) is 15.2 Å². The molecule has 5 heteroatoms. The minimum Gasteiger partial charge on any atom is -0.500 e. The molecular weight excluding hydrogens is 755 g/mol. The molecule has 227 valence electrons. The van der Waals surface area contributed by atoms with E-state index in [4.69, 9.17) is 13.8 Å². The van der Waals surface area contributed by atoms with Gasteiger partial charge in [0.1, 0.15) is 5.58 Å². The van der Waals surface area contributed by atoms with Crippen molar-refractivity contribution in [2.45, 2.75) is 6.85 Å². The van der Waals surface area contributed by atoms with Gasteiger partial charge in [0, 0.05) is 47.6 Å². The number of nitrogens with zero attached hydrogens (tertiary/aromatic N) is 3. The average Bonchev–Trinajstić information content (AvgIpc) is 3.55. The normalized spacial score (nSPS) is 11.7. The number of fused-ring (bicyclic) bond motifs is 3. The SMILES string of the molecule is N#Cc1ccc(-c2ccc(-c3cccc4c3oc3c(-c5ccccn5)[c-]ccc34)cc2)cc1.[2H]C([2H])([2H])c1ccc(-c2[c-]cccc2)nc1.[Ir]. The summed E-state index contributed by atoms with van der Waals surface area (Å²) in [5.41, 5.74) is 10.2. The van der Waals surface area contributed by atoms with Crippen LogP contribution in [0.15, 0.2) is 150 Å². The maximum absolute atomic E-state index is 9.02. The molecule has 0 saturated heterocycles. The number of rotatable bonds is 4. The minimum atomic E-state index is -2.09. The zero-order chi connectivity index (χ0) is 33.8. The Morgan fingerprint density at radius 1 is 0.660 bits per heavy atom. The van der Waals surface area contributed by atoms with Crippen LogP contribution in [0.3, 0.4) is 0 Å². The van der Waals surface area contributed by atoms with Crippen LogP contribution >= 0.6 is 0 Å². The summed E-state index contributed by atoms with van der Waals surface area (Å²) in [5.74, 6) is 0. The standard InChI is InChI=1S/C30H17N2O.C12H10N.Ir/c31-19-20-10-12-21(13-11-20)22-14-16-23(17-15-22)24-5-3-6-25-26-7-4-8-27(30(26)33-29(24)25)28-9-1-2-18-32-28;1-10-7-8-12(13-9-10)11-5-3-2-4-6-11;/h1-7,9-18H;2-5,7-9H,1H3;/q2*-1;/i;1D3;. The van der Waals surface area contributed by atoms with Gasteiger partial charge in [0.15, 0.2) is 0 Å². The summed E-state index contributed by atoms with van der Waals surface area (Å²) in [6.45, 7) is -2.09. The van der Waals surface area contributed by atoms with E-state index in [0.717, 1.165) is 66.7 Å². The number of benzene rings is 5. The molecule has 0 fully saturated rings. The molecule has 0 N–H and O–H groups in total. The fraction of sp³-hybridized carbons (Fsp3) is 0.0238. The molecule has 0 aliphatic carbocycles. The summed E-state index contributed by atoms with van der Waals surface area (Å²) in [5, 5.41) is 11.1. The summed E-state index contributed by atoms with van der Waals surface area (Å²) < 4.78 is 28.2. The number of para-hydroxylation sites is 1. The Bertz CT molecular complexity index is 2400. The summed E-state index contributed by atoms with van der Waals surface area (Å²) >= 11 is 0. The van der Waals surface area contributed by atoms with Gasteiger partial charge in [-0.1, -0.05) is 89.8 Å². The maximum atomic E-state index is 9.02. The van der Waals surface area contributed by atoms with Crippen molar-refractivity contribution in [2.75, 3.05) is 0 Å². The van der Waals surface area contributed by atoms with E-state index in [0.29, 0.717) is 5.56 Å². The van der Waals surface area contributed by atoms with E-state index in [1.807, 2.05) is 72.8 Å². The number of furan rings is 1. The zero-order valence-corrected chi connectivity index (χ0v) is 27.3. The van der Waals surface area contributed by atoms with Crippen molar-refractivity contribution in [2.24, 2.45) is 0 Å². The van der Waals surface area contributed by atoms with Crippen LogP contribution in [-0.2, 0) is 20.1 Å². The Hall–Kier alpha value is -5.66. The molecule has 0 spiro atoms. The van der Waals surface area contributed by atoms with Gasteiger partial charge in [-0.25, -0.2) is 0 Å². The molecule has 0 saturated carbocycles. The third kappa shape index (κ3) is 6.66. The number of hydrogen-bond donors (Lipinski definition) is 0. The molecule has 8 rings (SSSR count). The van der Waals surface area contributed by atoms with Crippen LogP contribution in [-0.4, -0.2) is 9.97 Å². The van der Waals surface area contributed by atoms with E-state index in [-0.39, 0.29) is 25.7 Å². The van der Waals surface area contributed by atoms with Gasteiger partial charge >= 0.3 is 0 Å². The number of aryl methyl sites for hydroxylation is 1. The van der Waals surface area contributed by atoms with E-state index in [1.165, 1.54) is 6.20 Å². The first-order valence-corrected chi connectivity index (χ1v) is 14.7. The predicted molar refractivity (Wildman–Crippen MR) is 185 cm³/mol. The Labute approximate surface area is 291 Å². The van der Waals surface area contributed by atoms with E-state index < -0.39 is 6.85 Å². The van der Waals surface area contributed by atoms with Crippen LogP contribution in [0.25, 0.3) is 66.7 Å². The molecule has 3 aromatic heterocycles. The zero-order valence-electron chi connectivity index (χ0n) is 27.9. The van der Waals surface area contributed by atoms with Gasteiger partial charge in [0.25, 0.3) is 0 Å². The second kappa shape index (κ2) is 14.2. The summed E-state index contributed by atoms with van der Waals surface area (Å²) in [6, 6.07) is 51.4. The van der Waals surface area contributed by atoms with Crippen molar-refractivity contribution in [1.29, 1.82) is 5.26 Å². The van der Waals surface area contributed by atoms with Gasteiger partial charge < -0.3 is 14.4 Å². The first kappa shape index (κ1) is 27.6. The first-order valence-electron chi connectivity index (χ1n) is 16.2. The number of nitriles is 1. The van der Waals surface area contributed by atoms with Gasteiger partial charge in [-0.2, -0.15) is 5.26 Å². The number of hydrogen-bond acceptors (Lipinski definition) is 4. The van der Waals surface area contributed by atoms with E-state index in [9.17, 15) is 0 Å². The predicted octanol–water partition coefficient (Wildman–Crippen LogP) is 10.5. The third-order valence-electron chi connectivity index (χ3n) is 7.67. The number of aromatic nitrogens is 2. The molecule has 0 unspecified atom stereocenters. The molecule has 0 amide bonds. The molecule has 47 heavy (non-hydrogen) atoms. The molecule has 0 atom stereocenters. The fourth-order valence-corrected chi connectivity index (χ4v) is 5.38. The molecule has 4 nitrogen and oxygen atoms in total. The topological polar surface area (TPSA) is 62.7 Å². The van der Waals surface area contributed by atoms with E-state index >= 15 is 0 Å². The Kier molecular flexibility index (Phi) is 8.34. The fourth-order valence-electron chi connectivity index (χ4n) is 5.38. The second-order valence-electron chi connectivity index (χ2n) is 10.6. The Morgan fingerprint density at radius 2 is 1.43 bits per heavy atom. The maximum Gasteiger partial charge on any atom is 0.128 e. The van der Waals surface area contributed by atoms with Crippen molar-refractivity contribution in [3.05, 3.63) is 169 Å². The largest absolute Gasteiger partial charge is 0.500 e. The van der Waals surface area contributed by atoms with Crippen molar-refractivity contribution in [3.8, 4) is 50.8 Å². The van der Waals surface area contributed by atoms with Crippen LogP contribution in [0, 0.1) is 30.3 Å². The molecule has 3 heterocycles. The molecule has 0 bridgehead atoms. The van der Waals surface area contributed by atoms with Gasteiger partial charge in [0.05, 0.1) is 17.2 Å². The second-order valence-corrected chi connectivity index (χ2v) is 10.6. The third-order valence-corrected chi connectivity index (χ3v) is 7.67. The molecule has 8 aromatic rings. The van der Waals surface area contributed by atoms with Crippen LogP contribution in [0.2, 0.25) is 0 Å². The summed E-state index contributed by atoms with van der Waals surface area (Å²) in [7, 11) is 0. The molecule has 1 radical (unpaired) electrons. The first-order chi connectivity index (χ1) is 23.9. The van der Waals surface area contributed by atoms with E-state index in [1.54, 1.807) is 24.4 Å². The van der Waals surface area contributed by atoms with E-state index in [2.05, 4.69) is 70.6 Å². The Morgan fingerprint density at radius 3 is 2.11 bits per heavy atom. The van der Waals surface area contributed by atoms with Gasteiger partial charge in [-0.05, 0) is 58.7 Å². The van der Waals surface area contributed by atoms with Gasteiger partial charge in [-0.3, -0.25) is 0 Å². The molecular formula is C42H27IrN3O-2. The Balaban J connectivity index is 0.000000215.